The Morgan fingerprint density at radius 3 is 1.97 bits per heavy atom. The van der Waals surface area contributed by atoms with Gasteiger partial charge in [0, 0.05) is 44.9 Å². The SMILES string of the molecule is CC(=O)N1CCN(c2ccc([N+](=O)[O-])c(NC(c3ccccc3)c3ccccc3)c2)CC1. The first-order chi connectivity index (χ1) is 15.5. The maximum atomic E-state index is 11.8. The minimum Gasteiger partial charge on any atom is -0.369 e. The maximum Gasteiger partial charge on any atom is 0.292 e. The Balaban J connectivity index is 1.67. The smallest absolute Gasteiger partial charge is 0.292 e. The standard InChI is InChI=1S/C25H26N4O3/c1-19(30)27-14-16-28(17-15-27)22-12-13-24(29(31)32)23(18-22)26-25(20-8-4-2-5-9-20)21-10-6-3-7-11-21/h2-13,18,25-26H,14-17H2,1H3. The van der Waals surface area contributed by atoms with Gasteiger partial charge in [-0.25, -0.2) is 0 Å². The van der Waals surface area contributed by atoms with Crippen LogP contribution in [-0.4, -0.2) is 41.9 Å². The predicted molar refractivity (Wildman–Crippen MR) is 126 cm³/mol. The van der Waals surface area contributed by atoms with Crippen molar-refractivity contribution in [1.29, 1.82) is 0 Å². The molecule has 7 nitrogen and oxygen atoms in total. The number of amides is 1. The molecule has 1 N–H and O–H groups in total. The van der Waals surface area contributed by atoms with Gasteiger partial charge in [-0.05, 0) is 23.3 Å². The highest BCUT2D eigenvalue weighted by Crippen LogP contribution is 2.35. The Morgan fingerprint density at radius 1 is 0.906 bits per heavy atom. The summed E-state index contributed by atoms with van der Waals surface area (Å²) in [6.07, 6.45) is 0. The van der Waals surface area contributed by atoms with E-state index in [9.17, 15) is 14.9 Å². The van der Waals surface area contributed by atoms with Crippen molar-refractivity contribution in [3.8, 4) is 0 Å². The summed E-state index contributed by atoms with van der Waals surface area (Å²) in [6.45, 7) is 4.25. The highest BCUT2D eigenvalue weighted by atomic mass is 16.6. The Hall–Kier alpha value is -3.87. The summed E-state index contributed by atoms with van der Waals surface area (Å²) < 4.78 is 0. The summed E-state index contributed by atoms with van der Waals surface area (Å²) in [5.74, 6) is 0.0734. The topological polar surface area (TPSA) is 78.7 Å². The molecule has 0 radical (unpaired) electrons. The van der Waals surface area contributed by atoms with Crippen LogP contribution in [0.2, 0.25) is 0 Å². The Bertz CT molecular complexity index is 1040. The highest BCUT2D eigenvalue weighted by Gasteiger charge is 2.23. The summed E-state index contributed by atoms with van der Waals surface area (Å²) >= 11 is 0. The zero-order valence-electron chi connectivity index (χ0n) is 18.0. The van der Waals surface area contributed by atoms with E-state index < -0.39 is 0 Å². The molecule has 0 spiro atoms. The molecule has 0 unspecified atom stereocenters. The van der Waals surface area contributed by atoms with Crippen LogP contribution in [0.1, 0.15) is 24.1 Å². The highest BCUT2D eigenvalue weighted by molar-refractivity contribution is 5.74. The molecule has 4 rings (SSSR count). The molecule has 0 bridgehead atoms. The van der Waals surface area contributed by atoms with Crippen molar-refractivity contribution in [3.63, 3.8) is 0 Å². The van der Waals surface area contributed by atoms with Crippen LogP contribution in [0.3, 0.4) is 0 Å². The first-order valence-corrected chi connectivity index (χ1v) is 10.7. The Morgan fingerprint density at radius 2 is 1.47 bits per heavy atom. The van der Waals surface area contributed by atoms with E-state index in [0.29, 0.717) is 31.9 Å². The first-order valence-electron chi connectivity index (χ1n) is 10.7. The number of anilines is 2. The molecule has 0 atom stereocenters. The van der Waals surface area contributed by atoms with Crippen LogP contribution >= 0.6 is 0 Å². The van der Waals surface area contributed by atoms with E-state index in [-0.39, 0.29) is 22.6 Å². The lowest BCUT2D eigenvalue weighted by molar-refractivity contribution is -0.384. The van der Waals surface area contributed by atoms with Gasteiger partial charge in [-0.1, -0.05) is 60.7 Å². The molecule has 1 saturated heterocycles. The quantitative estimate of drug-likeness (QED) is 0.461. The van der Waals surface area contributed by atoms with Gasteiger partial charge < -0.3 is 15.1 Å². The molecule has 3 aromatic rings. The molecule has 1 fully saturated rings. The van der Waals surface area contributed by atoms with Gasteiger partial charge in [0.1, 0.15) is 5.69 Å². The second kappa shape index (κ2) is 9.51. The zero-order valence-corrected chi connectivity index (χ0v) is 18.0. The van der Waals surface area contributed by atoms with Crippen molar-refractivity contribution < 1.29 is 9.72 Å². The lowest BCUT2D eigenvalue weighted by atomic mass is 9.98. The van der Waals surface area contributed by atoms with Crippen LogP contribution in [-0.2, 0) is 4.79 Å². The summed E-state index contributed by atoms with van der Waals surface area (Å²) in [5.41, 5.74) is 3.45. The van der Waals surface area contributed by atoms with Crippen LogP contribution < -0.4 is 10.2 Å². The number of nitro groups is 1. The summed E-state index contributed by atoms with van der Waals surface area (Å²) in [4.78, 5) is 27.0. The van der Waals surface area contributed by atoms with Gasteiger partial charge in [-0.2, -0.15) is 0 Å². The van der Waals surface area contributed by atoms with Crippen molar-refractivity contribution in [2.75, 3.05) is 36.4 Å². The number of carbonyl (C=O) groups is 1. The van der Waals surface area contributed by atoms with E-state index >= 15 is 0 Å². The van der Waals surface area contributed by atoms with Crippen LogP contribution in [0, 0.1) is 10.1 Å². The Kier molecular flexibility index (Phi) is 6.35. The molecule has 1 amide bonds. The fourth-order valence-electron chi connectivity index (χ4n) is 4.08. The maximum absolute atomic E-state index is 11.8. The van der Waals surface area contributed by atoms with E-state index in [1.807, 2.05) is 71.6 Å². The third kappa shape index (κ3) is 4.72. The molecule has 164 valence electrons. The summed E-state index contributed by atoms with van der Waals surface area (Å²) in [7, 11) is 0. The summed E-state index contributed by atoms with van der Waals surface area (Å²) in [5, 5.41) is 15.2. The predicted octanol–water partition coefficient (Wildman–Crippen LogP) is 4.46. The van der Waals surface area contributed by atoms with E-state index in [2.05, 4.69) is 10.2 Å². The molecule has 3 aromatic carbocycles. The molecular weight excluding hydrogens is 404 g/mol. The van der Waals surface area contributed by atoms with Gasteiger partial charge in [0.05, 0.1) is 11.0 Å². The van der Waals surface area contributed by atoms with Gasteiger partial charge in [0.15, 0.2) is 0 Å². The van der Waals surface area contributed by atoms with E-state index in [4.69, 9.17) is 0 Å². The van der Waals surface area contributed by atoms with Crippen molar-refractivity contribution in [3.05, 3.63) is 100 Å². The first kappa shape index (κ1) is 21.4. The third-order valence-electron chi connectivity index (χ3n) is 5.83. The van der Waals surface area contributed by atoms with Crippen LogP contribution in [0.15, 0.2) is 78.9 Å². The minimum atomic E-state index is -0.354. The van der Waals surface area contributed by atoms with E-state index in [1.165, 1.54) is 0 Å². The Labute approximate surface area is 187 Å². The largest absolute Gasteiger partial charge is 0.369 e. The number of nitrogens with zero attached hydrogens (tertiary/aromatic N) is 3. The molecule has 1 aliphatic rings. The zero-order chi connectivity index (χ0) is 22.5. The number of hydrogen-bond acceptors (Lipinski definition) is 5. The number of piperazine rings is 1. The molecule has 0 saturated carbocycles. The average molecular weight is 431 g/mol. The normalized spacial score (nSPS) is 13.8. The van der Waals surface area contributed by atoms with Gasteiger partial charge in [-0.3, -0.25) is 14.9 Å². The molecular formula is C25H26N4O3. The van der Waals surface area contributed by atoms with Gasteiger partial charge >= 0.3 is 0 Å². The number of benzene rings is 3. The molecule has 1 heterocycles. The second-order valence-corrected chi connectivity index (χ2v) is 7.85. The van der Waals surface area contributed by atoms with E-state index in [1.54, 1.807) is 19.1 Å². The molecule has 0 aliphatic carbocycles. The number of hydrogen-bond donors (Lipinski definition) is 1. The molecule has 7 heteroatoms. The lowest BCUT2D eigenvalue weighted by Crippen LogP contribution is -2.48. The number of rotatable bonds is 6. The van der Waals surface area contributed by atoms with Gasteiger partial charge in [0.2, 0.25) is 5.91 Å². The number of nitro benzene ring substituents is 1. The van der Waals surface area contributed by atoms with E-state index in [0.717, 1.165) is 16.8 Å². The monoisotopic (exact) mass is 430 g/mol. The van der Waals surface area contributed by atoms with Crippen LogP contribution in [0.5, 0.6) is 0 Å². The van der Waals surface area contributed by atoms with Crippen molar-refractivity contribution >= 4 is 23.0 Å². The minimum absolute atomic E-state index is 0.0352. The summed E-state index contributed by atoms with van der Waals surface area (Å²) in [6, 6.07) is 24.8. The molecule has 32 heavy (non-hydrogen) atoms. The van der Waals surface area contributed by atoms with Gasteiger partial charge in [-0.15, -0.1) is 0 Å². The average Bonchev–Trinajstić information content (AvgIpc) is 2.83. The third-order valence-corrected chi connectivity index (χ3v) is 5.83. The fraction of sp³-hybridized carbons (Fsp3) is 0.240. The fourth-order valence-corrected chi connectivity index (χ4v) is 4.08. The van der Waals surface area contributed by atoms with Crippen molar-refractivity contribution in [2.24, 2.45) is 0 Å². The lowest BCUT2D eigenvalue weighted by Gasteiger charge is -2.35. The number of nitrogens with one attached hydrogen (secondary N) is 1. The van der Waals surface area contributed by atoms with Crippen LogP contribution in [0.25, 0.3) is 0 Å². The molecule has 0 aromatic heterocycles. The van der Waals surface area contributed by atoms with Crippen LogP contribution in [0.4, 0.5) is 17.1 Å². The van der Waals surface area contributed by atoms with Gasteiger partial charge in [0.25, 0.3) is 5.69 Å². The van der Waals surface area contributed by atoms with Crippen molar-refractivity contribution in [2.45, 2.75) is 13.0 Å². The number of carbonyl (C=O) groups excluding carboxylic acids is 1. The second-order valence-electron chi connectivity index (χ2n) is 7.85. The molecule has 1 aliphatic heterocycles. The van der Waals surface area contributed by atoms with Crippen molar-refractivity contribution in [1.82, 2.24) is 4.90 Å².